The first-order valence-corrected chi connectivity index (χ1v) is 7.35. The summed E-state index contributed by atoms with van der Waals surface area (Å²) in [6.45, 7) is 1.04. The minimum atomic E-state index is -1.14. The summed E-state index contributed by atoms with van der Waals surface area (Å²) in [6.07, 6.45) is 1.20. The lowest BCUT2D eigenvalue weighted by Gasteiger charge is -2.23. The van der Waals surface area contributed by atoms with E-state index in [0.717, 1.165) is 0 Å². The number of carbonyl (C=O) groups is 2. The molecule has 1 aromatic rings. The number of amides is 1. The van der Waals surface area contributed by atoms with E-state index in [1.165, 1.54) is 13.2 Å². The van der Waals surface area contributed by atoms with Crippen molar-refractivity contribution >= 4 is 23.5 Å². The number of carbonyl (C=O) groups excluding carboxylic acids is 1. The lowest BCUT2D eigenvalue weighted by Crippen LogP contribution is -2.39. The number of hydrogen-bond donors (Lipinski definition) is 2. The molecule has 0 aliphatic carbocycles. The minimum absolute atomic E-state index is 0.218. The second-order valence-corrected chi connectivity index (χ2v) is 5.47. The van der Waals surface area contributed by atoms with Gasteiger partial charge in [-0.2, -0.15) is 0 Å². The van der Waals surface area contributed by atoms with Gasteiger partial charge in [0.25, 0.3) is 0 Å². The van der Waals surface area contributed by atoms with E-state index in [1.807, 2.05) is 0 Å². The highest BCUT2D eigenvalue weighted by Gasteiger charge is 2.28. The number of carboxylic acid groups (broad SMARTS) is 1. The Kier molecular flexibility index (Phi) is 5.63. The molecule has 6 nitrogen and oxygen atoms in total. The van der Waals surface area contributed by atoms with Crippen molar-refractivity contribution in [3.8, 4) is 5.75 Å². The molecule has 0 radical (unpaired) electrons. The van der Waals surface area contributed by atoms with Crippen molar-refractivity contribution in [2.45, 2.75) is 18.9 Å². The molecular formula is C15H18ClNO5. The van der Waals surface area contributed by atoms with E-state index in [1.54, 1.807) is 12.1 Å². The molecule has 1 aromatic carbocycles. The molecule has 1 saturated heterocycles. The summed E-state index contributed by atoms with van der Waals surface area (Å²) in [4.78, 5) is 23.7. The van der Waals surface area contributed by atoms with E-state index < -0.39 is 12.0 Å². The molecule has 1 fully saturated rings. The van der Waals surface area contributed by atoms with Gasteiger partial charge < -0.3 is 19.9 Å². The fourth-order valence-electron chi connectivity index (χ4n) is 2.37. The van der Waals surface area contributed by atoms with Gasteiger partial charge in [-0.1, -0.05) is 17.7 Å². The van der Waals surface area contributed by atoms with Crippen LogP contribution < -0.4 is 10.1 Å². The van der Waals surface area contributed by atoms with Crippen molar-refractivity contribution in [3.05, 3.63) is 28.8 Å². The van der Waals surface area contributed by atoms with Crippen LogP contribution in [0.25, 0.3) is 0 Å². The molecule has 120 valence electrons. The average Bonchev–Trinajstić information content (AvgIpc) is 2.52. The van der Waals surface area contributed by atoms with Crippen molar-refractivity contribution in [2.24, 2.45) is 5.92 Å². The lowest BCUT2D eigenvalue weighted by molar-refractivity contribution is -0.143. The zero-order valence-corrected chi connectivity index (χ0v) is 12.9. The molecule has 0 spiro atoms. The van der Waals surface area contributed by atoms with Gasteiger partial charge in [0.1, 0.15) is 5.75 Å². The van der Waals surface area contributed by atoms with Crippen molar-refractivity contribution in [1.82, 2.24) is 5.32 Å². The molecule has 1 heterocycles. The molecule has 7 heteroatoms. The molecule has 0 saturated carbocycles. The summed E-state index contributed by atoms with van der Waals surface area (Å²) in [7, 11) is 1.47. The molecule has 22 heavy (non-hydrogen) atoms. The number of aliphatic carboxylic acids is 1. The molecule has 2 N–H and O–H groups in total. The molecule has 0 bridgehead atoms. The average molecular weight is 328 g/mol. The second kappa shape index (κ2) is 7.47. The van der Waals surface area contributed by atoms with Gasteiger partial charge in [0, 0.05) is 19.1 Å². The highest BCUT2D eigenvalue weighted by atomic mass is 35.5. The maximum atomic E-state index is 12.2. The van der Waals surface area contributed by atoms with Crippen LogP contribution in [0.5, 0.6) is 5.75 Å². The van der Waals surface area contributed by atoms with Crippen LogP contribution in [0.3, 0.4) is 0 Å². The molecule has 0 aromatic heterocycles. The maximum absolute atomic E-state index is 12.2. The quantitative estimate of drug-likeness (QED) is 0.864. The predicted molar refractivity (Wildman–Crippen MR) is 80.1 cm³/mol. The highest BCUT2D eigenvalue weighted by molar-refractivity contribution is 6.32. The van der Waals surface area contributed by atoms with Gasteiger partial charge in [-0.05, 0) is 30.5 Å². The first kappa shape index (κ1) is 16.6. The molecule has 1 atom stereocenters. The number of nitrogens with one attached hydrogen (secondary N) is 1. The normalized spacial score (nSPS) is 16.8. The third kappa shape index (κ3) is 3.90. The molecule has 1 unspecified atom stereocenters. The zero-order valence-electron chi connectivity index (χ0n) is 12.2. The van der Waals surface area contributed by atoms with Gasteiger partial charge in [-0.3, -0.25) is 4.79 Å². The number of ether oxygens (including phenoxy) is 2. The summed E-state index contributed by atoms with van der Waals surface area (Å²) >= 11 is 6.02. The number of rotatable bonds is 5. The number of carboxylic acids is 1. The van der Waals surface area contributed by atoms with E-state index in [4.69, 9.17) is 21.1 Å². The summed E-state index contributed by atoms with van der Waals surface area (Å²) in [5, 5.41) is 12.2. The monoisotopic (exact) mass is 327 g/mol. The van der Waals surface area contributed by atoms with E-state index >= 15 is 0 Å². The van der Waals surface area contributed by atoms with Gasteiger partial charge in [0.2, 0.25) is 5.91 Å². The summed E-state index contributed by atoms with van der Waals surface area (Å²) < 4.78 is 10.2. The van der Waals surface area contributed by atoms with Crippen LogP contribution in [-0.4, -0.2) is 37.3 Å². The summed E-state index contributed by atoms with van der Waals surface area (Å²) in [6, 6.07) is 3.50. The van der Waals surface area contributed by atoms with Crippen molar-refractivity contribution < 1.29 is 24.2 Å². The Morgan fingerprint density at radius 3 is 2.64 bits per heavy atom. The third-order valence-electron chi connectivity index (χ3n) is 3.63. The van der Waals surface area contributed by atoms with Crippen LogP contribution in [0, 0.1) is 5.92 Å². The zero-order chi connectivity index (χ0) is 16.1. The number of hydrogen-bond acceptors (Lipinski definition) is 4. The Balaban J connectivity index is 2.14. The highest BCUT2D eigenvalue weighted by Crippen LogP contribution is 2.28. The summed E-state index contributed by atoms with van der Waals surface area (Å²) in [5.41, 5.74) is 0.402. The molecular weight excluding hydrogens is 310 g/mol. The Bertz CT molecular complexity index is 557. The minimum Gasteiger partial charge on any atom is -0.495 e. The first-order chi connectivity index (χ1) is 10.5. The number of methoxy groups -OCH3 is 1. The number of halogens is 1. The molecule has 1 aliphatic rings. The van der Waals surface area contributed by atoms with Crippen molar-refractivity contribution in [1.29, 1.82) is 0 Å². The molecule has 1 amide bonds. The summed E-state index contributed by atoms with van der Waals surface area (Å²) in [5.74, 6) is -1.18. The van der Waals surface area contributed by atoms with Crippen LogP contribution in [0.1, 0.15) is 24.4 Å². The fourth-order valence-corrected chi connectivity index (χ4v) is 2.64. The van der Waals surface area contributed by atoms with E-state index in [-0.39, 0.29) is 11.8 Å². The topological polar surface area (TPSA) is 84.9 Å². The smallest absolute Gasteiger partial charge is 0.330 e. The Hall–Kier alpha value is -1.79. The van der Waals surface area contributed by atoms with Crippen LogP contribution in [-0.2, 0) is 14.3 Å². The van der Waals surface area contributed by atoms with Crippen molar-refractivity contribution in [3.63, 3.8) is 0 Å². The van der Waals surface area contributed by atoms with Crippen LogP contribution in [0.2, 0.25) is 5.02 Å². The van der Waals surface area contributed by atoms with Gasteiger partial charge >= 0.3 is 5.97 Å². The largest absolute Gasteiger partial charge is 0.495 e. The van der Waals surface area contributed by atoms with Crippen molar-refractivity contribution in [2.75, 3.05) is 20.3 Å². The van der Waals surface area contributed by atoms with Gasteiger partial charge in [0.05, 0.1) is 12.1 Å². The van der Waals surface area contributed by atoms with E-state index in [9.17, 15) is 14.7 Å². The van der Waals surface area contributed by atoms with Crippen LogP contribution in [0.15, 0.2) is 18.2 Å². The molecule has 1 aliphatic heterocycles. The van der Waals surface area contributed by atoms with Gasteiger partial charge in [-0.15, -0.1) is 0 Å². The standard InChI is InChI=1S/C15H18ClNO5/c1-21-12-3-2-10(8-11(12)16)13(15(19)20)17-14(18)9-4-6-22-7-5-9/h2-3,8-9,13H,4-7H2,1H3,(H,17,18)(H,19,20). The molecule has 2 rings (SSSR count). The third-order valence-corrected chi connectivity index (χ3v) is 3.93. The van der Waals surface area contributed by atoms with E-state index in [2.05, 4.69) is 5.32 Å². The van der Waals surface area contributed by atoms with Gasteiger partial charge in [-0.25, -0.2) is 4.79 Å². The van der Waals surface area contributed by atoms with Crippen LogP contribution in [0.4, 0.5) is 0 Å². The van der Waals surface area contributed by atoms with Gasteiger partial charge in [0.15, 0.2) is 6.04 Å². The first-order valence-electron chi connectivity index (χ1n) is 6.97. The fraction of sp³-hybridized carbons (Fsp3) is 0.467. The van der Waals surface area contributed by atoms with E-state index in [0.29, 0.717) is 42.4 Å². The lowest BCUT2D eigenvalue weighted by atomic mass is 9.98. The Labute approximate surface area is 133 Å². The maximum Gasteiger partial charge on any atom is 0.330 e. The Morgan fingerprint density at radius 2 is 2.09 bits per heavy atom. The van der Waals surface area contributed by atoms with Crippen LogP contribution >= 0.6 is 11.6 Å². The second-order valence-electron chi connectivity index (χ2n) is 5.06. The number of benzene rings is 1. The predicted octanol–water partition coefficient (Wildman–Crippen LogP) is 2.02. The Morgan fingerprint density at radius 1 is 1.41 bits per heavy atom. The SMILES string of the molecule is COc1ccc(C(NC(=O)C2CCOCC2)C(=O)O)cc1Cl.